The fourth-order valence-corrected chi connectivity index (χ4v) is 2.28. The lowest BCUT2D eigenvalue weighted by Gasteiger charge is -2.00. The molecule has 3 rings (SSSR count). The van der Waals surface area contributed by atoms with Crippen molar-refractivity contribution in [3.8, 4) is 11.4 Å². The van der Waals surface area contributed by atoms with Gasteiger partial charge in [-0.25, -0.2) is 10.8 Å². The maximum absolute atomic E-state index is 11.6. The zero-order valence-electron chi connectivity index (χ0n) is 10.4. The second kappa shape index (κ2) is 4.96. The van der Waals surface area contributed by atoms with Gasteiger partial charge in [-0.1, -0.05) is 41.9 Å². The molecular formula is C14H11ClN4O. The van der Waals surface area contributed by atoms with Crippen LogP contribution in [0.4, 0.5) is 0 Å². The van der Waals surface area contributed by atoms with Crippen LogP contribution in [0.5, 0.6) is 0 Å². The normalized spacial score (nSPS) is 10.7. The lowest BCUT2D eigenvalue weighted by Crippen LogP contribution is -2.29. The van der Waals surface area contributed by atoms with Crippen molar-refractivity contribution in [3.05, 3.63) is 53.1 Å². The minimum atomic E-state index is -0.398. The second-order valence-electron chi connectivity index (χ2n) is 4.28. The topological polar surface area (TPSA) is 83.8 Å². The first-order valence-electron chi connectivity index (χ1n) is 5.94. The van der Waals surface area contributed by atoms with Crippen molar-refractivity contribution in [3.63, 3.8) is 0 Å². The van der Waals surface area contributed by atoms with Crippen molar-refractivity contribution < 1.29 is 4.79 Å². The minimum absolute atomic E-state index is 0.383. The number of benzene rings is 2. The van der Waals surface area contributed by atoms with E-state index in [4.69, 9.17) is 17.4 Å². The smallest absolute Gasteiger partial charge is 0.265 e. The van der Waals surface area contributed by atoms with Gasteiger partial charge in [0.25, 0.3) is 5.91 Å². The standard InChI is InChI=1S/C14H11ClN4O/c15-10-6-9(14(20)19-16)7-11-12(10)18-13(17-11)8-4-2-1-3-5-8/h1-7H,16H2,(H,17,18)(H,19,20). The number of nitrogens with one attached hydrogen (secondary N) is 2. The van der Waals surface area contributed by atoms with Gasteiger partial charge >= 0.3 is 0 Å². The molecule has 20 heavy (non-hydrogen) atoms. The van der Waals surface area contributed by atoms with Gasteiger partial charge < -0.3 is 4.98 Å². The molecule has 0 saturated heterocycles. The average Bonchev–Trinajstić information content (AvgIpc) is 2.92. The van der Waals surface area contributed by atoms with E-state index < -0.39 is 5.91 Å². The van der Waals surface area contributed by atoms with Gasteiger partial charge in [-0.05, 0) is 12.1 Å². The molecule has 0 aliphatic rings. The number of hydrogen-bond acceptors (Lipinski definition) is 3. The van der Waals surface area contributed by atoms with Crippen LogP contribution in [0.15, 0.2) is 42.5 Å². The molecule has 4 N–H and O–H groups in total. The predicted molar refractivity (Wildman–Crippen MR) is 78.2 cm³/mol. The van der Waals surface area contributed by atoms with Crippen molar-refractivity contribution in [2.24, 2.45) is 5.84 Å². The van der Waals surface area contributed by atoms with Crippen LogP contribution < -0.4 is 11.3 Å². The number of imidazole rings is 1. The Bertz CT molecular complexity index is 782. The van der Waals surface area contributed by atoms with E-state index in [1.165, 1.54) is 0 Å². The highest BCUT2D eigenvalue weighted by atomic mass is 35.5. The number of hydrogen-bond donors (Lipinski definition) is 3. The van der Waals surface area contributed by atoms with Crippen molar-refractivity contribution in [2.45, 2.75) is 0 Å². The molecule has 0 fully saturated rings. The number of aromatic amines is 1. The molecule has 0 aliphatic heterocycles. The van der Waals surface area contributed by atoms with Crippen LogP contribution in [0.25, 0.3) is 22.4 Å². The fraction of sp³-hybridized carbons (Fsp3) is 0. The minimum Gasteiger partial charge on any atom is -0.338 e. The van der Waals surface area contributed by atoms with E-state index in [2.05, 4.69) is 15.4 Å². The Morgan fingerprint density at radius 2 is 2.00 bits per heavy atom. The number of fused-ring (bicyclic) bond motifs is 1. The highest BCUT2D eigenvalue weighted by Crippen LogP contribution is 2.27. The van der Waals surface area contributed by atoms with Crippen molar-refractivity contribution >= 4 is 28.5 Å². The average molecular weight is 287 g/mol. The summed E-state index contributed by atoms with van der Waals surface area (Å²) in [6.45, 7) is 0. The summed E-state index contributed by atoms with van der Waals surface area (Å²) in [6, 6.07) is 12.9. The van der Waals surface area contributed by atoms with Crippen LogP contribution in [0.1, 0.15) is 10.4 Å². The molecule has 2 aromatic carbocycles. The third-order valence-corrected chi connectivity index (χ3v) is 3.27. The van der Waals surface area contributed by atoms with Gasteiger partial charge in [0.05, 0.1) is 10.5 Å². The number of halogens is 1. The Balaban J connectivity index is 2.16. The first-order chi connectivity index (χ1) is 9.69. The largest absolute Gasteiger partial charge is 0.338 e. The molecule has 3 aromatic rings. The molecule has 0 spiro atoms. The molecule has 0 aliphatic carbocycles. The van der Waals surface area contributed by atoms with E-state index in [-0.39, 0.29) is 0 Å². The third-order valence-electron chi connectivity index (χ3n) is 2.98. The van der Waals surface area contributed by atoms with Crippen molar-refractivity contribution in [1.82, 2.24) is 15.4 Å². The van der Waals surface area contributed by atoms with Gasteiger partial charge in [0.15, 0.2) is 0 Å². The first-order valence-corrected chi connectivity index (χ1v) is 6.32. The van der Waals surface area contributed by atoms with E-state index in [0.29, 0.717) is 27.4 Å². The lowest BCUT2D eigenvalue weighted by atomic mass is 10.2. The van der Waals surface area contributed by atoms with E-state index in [1.807, 2.05) is 30.3 Å². The summed E-state index contributed by atoms with van der Waals surface area (Å²) in [7, 11) is 0. The van der Waals surface area contributed by atoms with Crippen LogP contribution in [0.2, 0.25) is 5.02 Å². The van der Waals surface area contributed by atoms with E-state index >= 15 is 0 Å². The zero-order valence-corrected chi connectivity index (χ0v) is 11.1. The summed E-state index contributed by atoms with van der Waals surface area (Å²) in [5.41, 5.74) is 4.73. The molecule has 1 heterocycles. The summed E-state index contributed by atoms with van der Waals surface area (Å²) >= 11 is 6.16. The number of amides is 1. The molecule has 6 heteroatoms. The SMILES string of the molecule is NNC(=O)c1cc(Cl)c2nc(-c3ccccc3)[nH]c2c1. The molecule has 5 nitrogen and oxygen atoms in total. The maximum atomic E-state index is 11.6. The molecular weight excluding hydrogens is 276 g/mol. The van der Waals surface area contributed by atoms with Crippen LogP contribution >= 0.6 is 11.6 Å². The fourth-order valence-electron chi connectivity index (χ4n) is 2.02. The maximum Gasteiger partial charge on any atom is 0.265 e. The van der Waals surface area contributed by atoms with Crippen LogP contribution in [0, 0.1) is 0 Å². The number of nitrogens with two attached hydrogens (primary N) is 1. The Morgan fingerprint density at radius 3 is 2.70 bits per heavy atom. The van der Waals surface area contributed by atoms with E-state index in [1.54, 1.807) is 12.1 Å². The van der Waals surface area contributed by atoms with Crippen molar-refractivity contribution in [1.29, 1.82) is 0 Å². The monoisotopic (exact) mass is 286 g/mol. The number of hydrazine groups is 1. The summed E-state index contributed by atoms with van der Waals surface area (Å²) in [5.74, 6) is 5.43. The lowest BCUT2D eigenvalue weighted by molar-refractivity contribution is 0.0954. The van der Waals surface area contributed by atoms with Gasteiger partial charge in [0, 0.05) is 11.1 Å². The quantitative estimate of drug-likeness (QED) is 0.384. The first kappa shape index (κ1) is 12.7. The molecule has 0 bridgehead atoms. The molecule has 1 amide bonds. The van der Waals surface area contributed by atoms with Crippen LogP contribution in [-0.4, -0.2) is 15.9 Å². The summed E-state index contributed by atoms with van der Waals surface area (Å²) in [6.07, 6.45) is 0. The molecule has 0 unspecified atom stereocenters. The highest BCUT2D eigenvalue weighted by Gasteiger charge is 2.12. The third kappa shape index (κ3) is 2.13. The summed E-state index contributed by atoms with van der Waals surface area (Å²) in [4.78, 5) is 19.2. The number of carbonyl (C=O) groups is 1. The Labute approximate surface area is 119 Å². The van der Waals surface area contributed by atoms with E-state index in [0.717, 1.165) is 5.56 Å². The molecule has 0 saturated carbocycles. The number of H-pyrrole nitrogens is 1. The number of carbonyl (C=O) groups excluding carboxylic acids is 1. The second-order valence-corrected chi connectivity index (χ2v) is 4.69. The Kier molecular flexibility index (Phi) is 3.14. The predicted octanol–water partition coefficient (Wildman–Crippen LogP) is 2.49. The van der Waals surface area contributed by atoms with Gasteiger partial charge in [0.2, 0.25) is 0 Å². The van der Waals surface area contributed by atoms with Gasteiger partial charge in [-0.3, -0.25) is 10.2 Å². The zero-order chi connectivity index (χ0) is 14.1. The molecule has 0 atom stereocenters. The van der Waals surface area contributed by atoms with Crippen LogP contribution in [-0.2, 0) is 0 Å². The van der Waals surface area contributed by atoms with Gasteiger partial charge in [-0.2, -0.15) is 0 Å². The number of nitrogen functional groups attached to an aromatic ring is 1. The van der Waals surface area contributed by atoms with Gasteiger partial charge in [0.1, 0.15) is 11.3 Å². The molecule has 1 aromatic heterocycles. The van der Waals surface area contributed by atoms with Crippen molar-refractivity contribution in [2.75, 3.05) is 0 Å². The molecule has 100 valence electrons. The van der Waals surface area contributed by atoms with Crippen LogP contribution in [0.3, 0.4) is 0 Å². The number of aromatic nitrogens is 2. The van der Waals surface area contributed by atoms with Gasteiger partial charge in [-0.15, -0.1) is 0 Å². The number of rotatable bonds is 2. The Morgan fingerprint density at radius 1 is 1.25 bits per heavy atom. The summed E-state index contributed by atoms with van der Waals surface area (Å²) < 4.78 is 0. The molecule has 0 radical (unpaired) electrons. The highest BCUT2D eigenvalue weighted by molar-refractivity contribution is 6.35. The number of nitrogens with zero attached hydrogens (tertiary/aromatic N) is 1. The Hall–Kier alpha value is -2.37. The van der Waals surface area contributed by atoms with E-state index in [9.17, 15) is 4.79 Å². The summed E-state index contributed by atoms with van der Waals surface area (Å²) in [5, 5.41) is 0.402.